The maximum atomic E-state index is 14.5. The number of benzodiazepines with no additional fused rings is 1. The SMILES string of the molecule is O=C(Nc1ccc(Cl)cc1)N[C@H]1N=C(c2ccccc2F)c2ccccc2NC1=O. The summed E-state index contributed by atoms with van der Waals surface area (Å²) in [5, 5.41) is 8.39. The Morgan fingerprint density at radius 3 is 2.37 bits per heavy atom. The first-order chi connectivity index (χ1) is 14.5. The van der Waals surface area contributed by atoms with Crippen molar-refractivity contribution in [3.05, 3.63) is 94.8 Å². The van der Waals surface area contributed by atoms with Gasteiger partial charge in [0.2, 0.25) is 6.17 Å². The molecule has 3 N–H and O–H groups in total. The summed E-state index contributed by atoms with van der Waals surface area (Å²) in [7, 11) is 0. The van der Waals surface area contributed by atoms with Crippen LogP contribution in [0.5, 0.6) is 0 Å². The number of para-hydroxylation sites is 1. The third kappa shape index (κ3) is 4.16. The van der Waals surface area contributed by atoms with E-state index in [2.05, 4.69) is 20.9 Å². The lowest BCUT2D eigenvalue weighted by molar-refractivity contribution is -0.117. The number of anilines is 2. The predicted octanol–water partition coefficient (Wildman–Crippen LogP) is 4.42. The number of nitrogens with zero attached hydrogens (tertiary/aromatic N) is 1. The third-order valence-electron chi connectivity index (χ3n) is 4.45. The molecule has 1 atom stereocenters. The Hall–Kier alpha value is -3.71. The van der Waals surface area contributed by atoms with Crippen LogP contribution in [0.4, 0.5) is 20.6 Å². The van der Waals surface area contributed by atoms with Crippen molar-refractivity contribution < 1.29 is 14.0 Å². The zero-order valence-electron chi connectivity index (χ0n) is 15.5. The Balaban J connectivity index is 1.67. The van der Waals surface area contributed by atoms with Crippen LogP contribution in [0.25, 0.3) is 0 Å². The first-order valence-corrected chi connectivity index (χ1v) is 9.45. The average molecular weight is 423 g/mol. The number of carbonyl (C=O) groups excluding carboxylic acids is 2. The van der Waals surface area contributed by atoms with Gasteiger partial charge in [-0.3, -0.25) is 4.79 Å². The van der Waals surface area contributed by atoms with E-state index in [1.165, 1.54) is 6.07 Å². The van der Waals surface area contributed by atoms with Gasteiger partial charge in [-0.15, -0.1) is 0 Å². The molecular formula is C22H16ClFN4O2. The molecule has 1 aliphatic heterocycles. The minimum atomic E-state index is -1.26. The van der Waals surface area contributed by atoms with Crippen LogP contribution in [-0.4, -0.2) is 23.8 Å². The maximum Gasteiger partial charge on any atom is 0.321 e. The number of halogens is 2. The van der Waals surface area contributed by atoms with Gasteiger partial charge in [0.15, 0.2) is 0 Å². The normalized spacial score (nSPS) is 15.3. The third-order valence-corrected chi connectivity index (χ3v) is 4.70. The molecule has 3 aromatic carbocycles. The maximum absolute atomic E-state index is 14.5. The number of rotatable bonds is 3. The van der Waals surface area contributed by atoms with Crippen LogP contribution >= 0.6 is 11.6 Å². The van der Waals surface area contributed by atoms with E-state index in [1.807, 2.05) is 0 Å². The largest absolute Gasteiger partial charge is 0.322 e. The quantitative estimate of drug-likeness (QED) is 0.584. The van der Waals surface area contributed by atoms with E-state index in [-0.39, 0.29) is 11.3 Å². The number of hydrogen-bond donors (Lipinski definition) is 3. The number of amides is 3. The molecule has 6 nitrogen and oxygen atoms in total. The predicted molar refractivity (Wildman–Crippen MR) is 115 cm³/mol. The minimum absolute atomic E-state index is 0.228. The number of benzene rings is 3. The molecule has 0 aliphatic carbocycles. The molecule has 0 saturated carbocycles. The van der Waals surface area contributed by atoms with Crippen LogP contribution in [0.15, 0.2) is 77.8 Å². The Morgan fingerprint density at radius 1 is 0.967 bits per heavy atom. The van der Waals surface area contributed by atoms with Crippen LogP contribution < -0.4 is 16.0 Å². The Bertz CT molecular complexity index is 1150. The molecule has 30 heavy (non-hydrogen) atoms. The first kappa shape index (κ1) is 19.6. The second kappa shape index (κ2) is 8.34. The summed E-state index contributed by atoms with van der Waals surface area (Å²) in [6, 6.07) is 18.9. The molecule has 1 heterocycles. The van der Waals surface area contributed by atoms with Gasteiger partial charge in [0, 0.05) is 21.8 Å². The second-order valence-corrected chi connectivity index (χ2v) is 6.94. The van der Waals surface area contributed by atoms with Crippen LogP contribution in [-0.2, 0) is 4.79 Å². The van der Waals surface area contributed by atoms with Crippen molar-refractivity contribution in [1.29, 1.82) is 0 Å². The highest BCUT2D eigenvalue weighted by atomic mass is 35.5. The van der Waals surface area contributed by atoms with E-state index in [1.54, 1.807) is 66.7 Å². The molecule has 0 spiro atoms. The zero-order valence-corrected chi connectivity index (χ0v) is 16.3. The lowest BCUT2D eigenvalue weighted by Gasteiger charge is -2.14. The van der Waals surface area contributed by atoms with E-state index in [0.717, 1.165) is 0 Å². The topological polar surface area (TPSA) is 82.6 Å². The molecule has 0 radical (unpaired) electrons. The summed E-state index contributed by atoms with van der Waals surface area (Å²) in [6.45, 7) is 0. The molecule has 0 fully saturated rings. The van der Waals surface area contributed by atoms with Crippen LogP contribution in [0.1, 0.15) is 11.1 Å². The van der Waals surface area contributed by atoms with Gasteiger partial charge in [0.25, 0.3) is 5.91 Å². The molecule has 3 amide bonds. The van der Waals surface area contributed by atoms with Gasteiger partial charge < -0.3 is 16.0 Å². The average Bonchev–Trinajstić information content (AvgIpc) is 2.87. The lowest BCUT2D eigenvalue weighted by atomic mass is 10.0. The lowest BCUT2D eigenvalue weighted by Crippen LogP contribution is -2.44. The summed E-state index contributed by atoms with van der Waals surface area (Å²) in [4.78, 5) is 29.5. The van der Waals surface area contributed by atoms with Crippen molar-refractivity contribution in [3.63, 3.8) is 0 Å². The summed E-state index contributed by atoms with van der Waals surface area (Å²) < 4.78 is 14.5. The molecule has 8 heteroatoms. The number of fused-ring (bicyclic) bond motifs is 1. The number of hydrogen-bond acceptors (Lipinski definition) is 3. The van der Waals surface area contributed by atoms with E-state index in [4.69, 9.17) is 11.6 Å². The molecule has 150 valence electrons. The first-order valence-electron chi connectivity index (χ1n) is 9.07. The Kier molecular flexibility index (Phi) is 5.45. The molecular weight excluding hydrogens is 407 g/mol. The molecule has 0 unspecified atom stereocenters. The van der Waals surface area contributed by atoms with Gasteiger partial charge >= 0.3 is 6.03 Å². The van der Waals surface area contributed by atoms with Gasteiger partial charge in [0.1, 0.15) is 5.82 Å². The summed E-state index contributed by atoms with van der Waals surface area (Å²) in [6.07, 6.45) is -1.26. The monoisotopic (exact) mass is 422 g/mol. The van der Waals surface area contributed by atoms with E-state index in [0.29, 0.717) is 22.0 Å². The Morgan fingerprint density at radius 2 is 1.63 bits per heavy atom. The fourth-order valence-corrected chi connectivity index (χ4v) is 3.17. The smallest absolute Gasteiger partial charge is 0.321 e. The molecule has 3 aromatic rings. The number of nitrogens with one attached hydrogen (secondary N) is 3. The van der Waals surface area contributed by atoms with Crippen LogP contribution in [0.3, 0.4) is 0 Å². The summed E-state index contributed by atoms with van der Waals surface area (Å²) in [5.74, 6) is -1.02. The van der Waals surface area contributed by atoms with Crippen molar-refractivity contribution in [1.82, 2.24) is 5.32 Å². The summed E-state index contributed by atoms with van der Waals surface area (Å²) >= 11 is 5.84. The van der Waals surface area contributed by atoms with E-state index >= 15 is 0 Å². The van der Waals surface area contributed by atoms with Gasteiger partial charge in [-0.05, 0) is 42.5 Å². The van der Waals surface area contributed by atoms with Crippen molar-refractivity contribution in [2.75, 3.05) is 10.6 Å². The fourth-order valence-electron chi connectivity index (χ4n) is 3.05. The van der Waals surface area contributed by atoms with Crippen molar-refractivity contribution >= 4 is 40.6 Å². The van der Waals surface area contributed by atoms with Crippen LogP contribution in [0, 0.1) is 5.82 Å². The highest BCUT2D eigenvalue weighted by molar-refractivity contribution is 6.30. The molecule has 0 bridgehead atoms. The molecule has 0 aromatic heterocycles. The highest BCUT2D eigenvalue weighted by Gasteiger charge is 2.28. The fraction of sp³-hybridized carbons (Fsp3) is 0.0455. The standard InChI is InChI=1S/C22H16ClFN4O2/c23-13-9-11-14(12-10-13)25-22(30)28-20-21(29)26-18-8-4-2-6-16(18)19(27-20)15-5-1-3-7-17(15)24/h1-12,20H,(H,26,29)(H2,25,28,30)/t20-/m1/s1. The minimum Gasteiger partial charge on any atom is -0.322 e. The molecule has 1 aliphatic rings. The van der Waals surface area contributed by atoms with Crippen molar-refractivity contribution in [2.45, 2.75) is 6.17 Å². The second-order valence-electron chi connectivity index (χ2n) is 6.50. The van der Waals surface area contributed by atoms with Crippen LogP contribution in [0.2, 0.25) is 5.02 Å². The van der Waals surface area contributed by atoms with Gasteiger partial charge in [-0.2, -0.15) is 0 Å². The highest BCUT2D eigenvalue weighted by Crippen LogP contribution is 2.25. The van der Waals surface area contributed by atoms with Gasteiger partial charge in [0.05, 0.1) is 11.4 Å². The Labute approximate surface area is 176 Å². The molecule has 4 rings (SSSR count). The summed E-state index contributed by atoms with van der Waals surface area (Å²) in [5.41, 5.74) is 2.02. The molecule has 0 saturated heterocycles. The number of carbonyl (C=O) groups is 2. The van der Waals surface area contributed by atoms with E-state index < -0.39 is 23.9 Å². The van der Waals surface area contributed by atoms with Gasteiger partial charge in [-0.1, -0.05) is 41.9 Å². The number of urea groups is 1. The van der Waals surface area contributed by atoms with E-state index in [9.17, 15) is 14.0 Å². The number of aliphatic imine (C=N–C) groups is 1. The van der Waals surface area contributed by atoms with Crippen molar-refractivity contribution in [2.24, 2.45) is 4.99 Å². The van der Waals surface area contributed by atoms with Crippen molar-refractivity contribution in [3.8, 4) is 0 Å². The zero-order chi connectivity index (χ0) is 21.1. The van der Waals surface area contributed by atoms with Gasteiger partial charge in [-0.25, -0.2) is 14.2 Å².